The number of thioether (sulfide) groups is 4. The zero-order valence-corrected chi connectivity index (χ0v) is 27.0. The van der Waals surface area contributed by atoms with E-state index in [4.69, 9.17) is 0 Å². The zero-order valence-electron chi connectivity index (χ0n) is 22.1. The van der Waals surface area contributed by atoms with Crippen molar-refractivity contribution < 1.29 is 0 Å². The highest BCUT2D eigenvalue weighted by atomic mass is 32.2. The molecule has 2 aromatic rings. The van der Waals surface area contributed by atoms with Crippen molar-refractivity contribution in [1.29, 1.82) is 0 Å². The van der Waals surface area contributed by atoms with Crippen LogP contribution in [0.25, 0.3) is 0 Å². The maximum Gasteiger partial charge on any atom is 0.0359 e. The first-order chi connectivity index (χ1) is 15.1. The highest BCUT2D eigenvalue weighted by molar-refractivity contribution is 8.06. The second-order valence-electron chi connectivity index (χ2n) is 12.5. The van der Waals surface area contributed by atoms with Gasteiger partial charge in [0, 0.05) is 72.4 Å². The van der Waals surface area contributed by atoms with E-state index in [0.29, 0.717) is 5.25 Å². The van der Waals surface area contributed by atoms with Gasteiger partial charge in [0.2, 0.25) is 0 Å². The molecule has 0 N–H and O–H groups in total. The summed E-state index contributed by atoms with van der Waals surface area (Å²) in [6.45, 7) is 26.9. The van der Waals surface area contributed by atoms with E-state index >= 15 is 0 Å². The molecule has 2 aliphatic heterocycles. The average molecular weight is 557 g/mol. The number of rotatable bonds is 3. The van der Waals surface area contributed by atoms with Gasteiger partial charge in [-0.05, 0) is 10.8 Å². The smallest absolute Gasteiger partial charge is 0.0359 e. The molecule has 184 valence electrons. The monoisotopic (exact) mass is 556 g/mol. The largest absolute Gasteiger partial charge is 0.142 e. The predicted octanol–water partition coefficient (Wildman–Crippen LogP) is 10.4. The van der Waals surface area contributed by atoms with Crippen molar-refractivity contribution in [2.75, 3.05) is 17.3 Å². The molecule has 0 aromatic carbocycles. The summed E-state index contributed by atoms with van der Waals surface area (Å²) in [5.41, 5.74) is 0.485. The van der Waals surface area contributed by atoms with Crippen LogP contribution in [0, 0.1) is 0 Å². The molecule has 2 aromatic heterocycles. The van der Waals surface area contributed by atoms with Crippen LogP contribution in [0.1, 0.15) is 95.7 Å². The highest BCUT2D eigenvalue weighted by Crippen LogP contribution is 2.61. The summed E-state index contributed by atoms with van der Waals surface area (Å²) >= 11 is 12.7. The third-order valence-corrected chi connectivity index (χ3v) is 17.0. The Morgan fingerprint density at radius 1 is 0.545 bits per heavy atom. The lowest BCUT2D eigenvalue weighted by atomic mass is 9.66. The third-order valence-electron chi connectivity index (χ3n) is 7.06. The van der Waals surface area contributed by atoms with E-state index in [-0.39, 0.29) is 21.7 Å². The zero-order chi connectivity index (χ0) is 24.6. The Kier molecular flexibility index (Phi) is 7.30. The van der Waals surface area contributed by atoms with Gasteiger partial charge in [-0.3, -0.25) is 0 Å². The molecule has 1 unspecified atom stereocenters. The number of fused-ring (bicyclic) bond motifs is 2. The fraction of sp³-hybridized carbons (Fsp3) is 0.704. The van der Waals surface area contributed by atoms with Crippen LogP contribution in [0.15, 0.2) is 19.6 Å². The molecular weight excluding hydrogens is 517 g/mol. The Labute approximate surface area is 227 Å². The quantitative estimate of drug-likeness (QED) is 0.368. The van der Waals surface area contributed by atoms with Crippen molar-refractivity contribution in [3.63, 3.8) is 0 Å². The van der Waals surface area contributed by atoms with E-state index in [1.165, 1.54) is 17.3 Å². The second kappa shape index (κ2) is 8.97. The first kappa shape index (κ1) is 26.9. The van der Waals surface area contributed by atoms with Crippen molar-refractivity contribution >= 4 is 69.7 Å². The average Bonchev–Trinajstić information content (AvgIpc) is 3.26. The molecule has 0 saturated heterocycles. The van der Waals surface area contributed by atoms with E-state index in [9.17, 15) is 0 Å². The van der Waals surface area contributed by atoms with E-state index in [1.807, 2.05) is 0 Å². The van der Waals surface area contributed by atoms with Gasteiger partial charge in [0.25, 0.3) is 0 Å². The van der Waals surface area contributed by atoms with Crippen LogP contribution in [0.5, 0.6) is 0 Å². The van der Waals surface area contributed by atoms with Gasteiger partial charge in [-0.1, -0.05) is 76.2 Å². The van der Waals surface area contributed by atoms with Crippen LogP contribution in [0.3, 0.4) is 0 Å². The standard InChI is InChI=1S/C27H40S6/c1-15-14-30-18-19(31-15)23(33-21(18)25(5,6)7)27(10,11)26(8,9)22-17-16(28-12-13-29-17)20(32-22)24(2,3)4/h15H,12-14H2,1-11H3. The van der Waals surface area contributed by atoms with E-state index in [0.717, 1.165) is 0 Å². The number of hydrogen-bond donors (Lipinski definition) is 0. The van der Waals surface area contributed by atoms with Gasteiger partial charge in [-0.15, -0.1) is 69.7 Å². The van der Waals surface area contributed by atoms with E-state index in [1.54, 1.807) is 39.1 Å². The summed E-state index contributed by atoms with van der Waals surface area (Å²) in [5, 5.41) is 0.677. The lowest BCUT2D eigenvalue weighted by Crippen LogP contribution is -2.40. The first-order valence-electron chi connectivity index (χ1n) is 12.0. The molecule has 0 nitrogen and oxygen atoms in total. The normalized spacial score (nSPS) is 20.0. The molecular formula is C27H40S6. The summed E-state index contributed by atoms with van der Waals surface area (Å²) in [4.78, 5) is 12.8. The maximum absolute atomic E-state index is 2.53. The number of hydrogen-bond acceptors (Lipinski definition) is 6. The van der Waals surface area contributed by atoms with Crippen molar-refractivity contribution in [3.8, 4) is 0 Å². The van der Waals surface area contributed by atoms with Crippen LogP contribution < -0.4 is 0 Å². The van der Waals surface area contributed by atoms with Crippen LogP contribution >= 0.6 is 69.7 Å². The molecule has 33 heavy (non-hydrogen) atoms. The van der Waals surface area contributed by atoms with Crippen LogP contribution in [0.4, 0.5) is 0 Å². The van der Waals surface area contributed by atoms with E-state index in [2.05, 4.69) is 146 Å². The van der Waals surface area contributed by atoms with Crippen LogP contribution in [-0.2, 0) is 21.7 Å². The summed E-state index contributed by atoms with van der Waals surface area (Å²) < 4.78 is 0. The Bertz CT molecular complexity index is 1040. The molecule has 6 heteroatoms. The minimum atomic E-state index is 0.0479. The minimum absolute atomic E-state index is 0.0479. The van der Waals surface area contributed by atoms with Crippen molar-refractivity contribution in [3.05, 3.63) is 19.5 Å². The molecule has 1 atom stereocenters. The molecule has 0 radical (unpaired) electrons. The Balaban J connectivity index is 1.90. The van der Waals surface area contributed by atoms with Gasteiger partial charge in [-0.2, -0.15) is 0 Å². The summed E-state index contributed by atoms with van der Waals surface area (Å²) in [6, 6.07) is 0. The molecule has 4 rings (SSSR count). The molecule has 4 heterocycles. The third kappa shape index (κ3) is 4.65. The molecule has 0 saturated carbocycles. The summed E-state index contributed by atoms with van der Waals surface area (Å²) in [5.74, 6) is 3.69. The van der Waals surface area contributed by atoms with Crippen LogP contribution in [0.2, 0.25) is 0 Å². The molecule has 2 aliphatic rings. The van der Waals surface area contributed by atoms with Gasteiger partial charge in [0.15, 0.2) is 0 Å². The van der Waals surface area contributed by atoms with Gasteiger partial charge < -0.3 is 0 Å². The van der Waals surface area contributed by atoms with Crippen LogP contribution in [-0.4, -0.2) is 22.5 Å². The molecule has 0 fully saturated rings. The molecule has 0 aliphatic carbocycles. The molecule has 0 bridgehead atoms. The maximum atomic E-state index is 2.53. The fourth-order valence-corrected chi connectivity index (χ4v) is 14.2. The molecule has 0 amide bonds. The Morgan fingerprint density at radius 3 is 1.39 bits per heavy atom. The molecule has 0 spiro atoms. The van der Waals surface area contributed by atoms with Crippen molar-refractivity contribution in [1.82, 2.24) is 0 Å². The topological polar surface area (TPSA) is 0 Å². The number of thiophene rings is 2. The minimum Gasteiger partial charge on any atom is -0.142 e. The summed E-state index contributed by atoms with van der Waals surface area (Å²) in [7, 11) is 0. The Morgan fingerprint density at radius 2 is 0.939 bits per heavy atom. The van der Waals surface area contributed by atoms with Gasteiger partial charge in [0.05, 0.1) is 0 Å². The highest BCUT2D eigenvalue weighted by Gasteiger charge is 2.48. The Hall–Kier alpha value is 0.800. The summed E-state index contributed by atoms with van der Waals surface area (Å²) in [6.07, 6.45) is 0. The second-order valence-corrected chi connectivity index (χ2v) is 19.3. The van der Waals surface area contributed by atoms with Gasteiger partial charge in [-0.25, -0.2) is 0 Å². The van der Waals surface area contributed by atoms with Gasteiger partial charge >= 0.3 is 0 Å². The van der Waals surface area contributed by atoms with Gasteiger partial charge in [0.1, 0.15) is 0 Å². The van der Waals surface area contributed by atoms with E-state index < -0.39 is 0 Å². The first-order valence-corrected chi connectivity index (χ1v) is 17.4. The van der Waals surface area contributed by atoms with Crippen molar-refractivity contribution in [2.45, 2.75) is 123 Å². The van der Waals surface area contributed by atoms with Crippen molar-refractivity contribution in [2.24, 2.45) is 0 Å². The fourth-order valence-electron chi connectivity index (χ4n) is 4.40. The lowest BCUT2D eigenvalue weighted by Gasteiger charge is -2.42. The lowest BCUT2D eigenvalue weighted by molar-refractivity contribution is 0.305. The predicted molar refractivity (Wildman–Crippen MR) is 160 cm³/mol. The SMILES string of the molecule is CC1CSc2c(C(C)(C)C)sc(C(C)(C)C(C)(C)c3sc(C(C)(C)C)c4c3SCCS4)c2S1.